The first kappa shape index (κ1) is 28.6. The number of ether oxygens (including phenoxy) is 2. The number of halogens is 6. The van der Waals surface area contributed by atoms with Crippen LogP contribution < -0.4 is 5.32 Å². The molecule has 188 valence electrons. The lowest BCUT2D eigenvalue weighted by Crippen LogP contribution is -2.52. The zero-order chi connectivity index (χ0) is 25.1. The second kappa shape index (κ2) is 12.7. The maximum absolute atomic E-state index is 10.6. The number of alkyl halides is 6. The number of carbonyl (C=O) groups is 2. The summed E-state index contributed by atoms with van der Waals surface area (Å²) in [4.78, 5) is 21.9. The first-order valence-corrected chi connectivity index (χ1v) is 9.69. The highest BCUT2D eigenvalue weighted by Gasteiger charge is 2.45. The fraction of sp³-hybridized carbons (Fsp3) is 0.632. The van der Waals surface area contributed by atoms with Gasteiger partial charge in [0.15, 0.2) is 0 Å². The number of hydrogen-bond acceptors (Lipinski definition) is 6. The minimum atomic E-state index is -5.08. The van der Waals surface area contributed by atoms with Gasteiger partial charge >= 0.3 is 24.3 Å². The van der Waals surface area contributed by atoms with Gasteiger partial charge in [-0.15, -0.1) is 0 Å². The Labute approximate surface area is 184 Å². The Bertz CT molecular complexity index is 715. The summed E-state index contributed by atoms with van der Waals surface area (Å²) in [7, 11) is 0. The summed E-state index contributed by atoms with van der Waals surface area (Å²) < 4.78 is 75.4. The largest absolute Gasteiger partial charge is 0.490 e. The van der Waals surface area contributed by atoms with Gasteiger partial charge in [-0.25, -0.2) is 9.59 Å². The van der Waals surface area contributed by atoms with Crippen molar-refractivity contribution < 1.29 is 55.6 Å². The zero-order valence-corrected chi connectivity index (χ0v) is 17.3. The van der Waals surface area contributed by atoms with Crippen LogP contribution >= 0.6 is 0 Å². The Kier molecular flexibility index (Phi) is 11.0. The van der Waals surface area contributed by atoms with Gasteiger partial charge in [-0.05, 0) is 24.5 Å². The van der Waals surface area contributed by atoms with Crippen molar-refractivity contribution in [2.75, 3.05) is 26.3 Å². The first-order valence-electron chi connectivity index (χ1n) is 9.69. The molecule has 8 nitrogen and oxygen atoms in total. The molecule has 2 fully saturated rings. The molecule has 2 heterocycles. The van der Waals surface area contributed by atoms with E-state index in [4.69, 9.17) is 29.3 Å². The molecule has 0 aromatic carbocycles. The fourth-order valence-corrected chi connectivity index (χ4v) is 3.25. The number of aromatic nitrogens is 1. The number of aliphatic carboxylic acids is 2. The third-order valence-corrected chi connectivity index (χ3v) is 4.78. The summed E-state index contributed by atoms with van der Waals surface area (Å²) >= 11 is 0. The lowest BCUT2D eigenvalue weighted by molar-refractivity contribution is -0.193. The number of carboxylic acids is 2. The first-order chi connectivity index (χ1) is 15.3. The summed E-state index contributed by atoms with van der Waals surface area (Å²) in [5.74, 6) is -4.99. The standard InChI is InChI=1S/C15H22N2O2.2C2HF3O2/c1-4-14(15(5-1)12-17-7-8-19-15)11-18-10-13-3-2-6-16-9-13;2*3-2(4,5)1(6)7/h2-3,6,9,14,17H,1,4-5,7-8,10-12H2;2*(H,6,7)/t14-,15-;;/m0../s1. The molecule has 0 amide bonds. The van der Waals surface area contributed by atoms with Crippen LogP contribution in [0.3, 0.4) is 0 Å². The highest BCUT2D eigenvalue weighted by molar-refractivity contribution is 5.73. The van der Waals surface area contributed by atoms with Crippen LogP contribution in [0.25, 0.3) is 0 Å². The molecule has 1 aromatic heterocycles. The highest BCUT2D eigenvalue weighted by atomic mass is 19.4. The molecular weight excluding hydrogens is 466 g/mol. The number of nitrogens with one attached hydrogen (secondary N) is 1. The van der Waals surface area contributed by atoms with Crippen LogP contribution in [-0.2, 0) is 25.7 Å². The Hall–Kier alpha value is -2.45. The molecule has 3 rings (SSSR count). The van der Waals surface area contributed by atoms with E-state index in [-0.39, 0.29) is 5.60 Å². The van der Waals surface area contributed by atoms with Gasteiger partial charge in [0.05, 0.1) is 25.4 Å². The van der Waals surface area contributed by atoms with Crippen molar-refractivity contribution in [2.24, 2.45) is 5.92 Å². The van der Waals surface area contributed by atoms with Crippen LogP contribution in [0, 0.1) is 5.92 Å². The average molecular weight is 490 g/mol. The molecule has 14 heteroatoms. The van der Waals surface area contributed by atoms with Gasteiger partial charge in [-0.2, -0.15) is 26.3 Å². The van der Waals surface area contributed by atoms with Gasteiger partial charge in [0, 0.05) is 31.4 Å². The fourth-order valence-electron chi connectivity index (χ4n) is 3.25. The lowest BCUT2D eigenvalue weighted by Gasteiger charge is -2.39. The van der Waals surface area contributed by atoms with Crippen molar-refractivity contribution in [1.29, 1.82) is 0 Å². The van der Waals surface area contributed by atoms with E-state index in [0.29, 0.717) is 12.5 Å². The van der Waals surface area contributed by atoms with Gasteiger partial charge in [0.25, 0.3) is 0 Å². The normalized spacial score (nSPS) is 22.5. The van der Waals surface area contributed by atoms with Gasteiger partial charge in [0.2, 0.25) is 0 Å². The van der Waals surface area contributed by atoms with Gasteiger partial charge in [0.1, 0.15) is 0 Å². The second-order valence-electron chi connectivity index (χ2n) is 7.16. The third kappa shape index (κ3) is 10.4. The lowest BCUT2D eigenvalue weighted by atomic mass is 9.90. The topological polar surface area (TPSA) is 118 Å². The SMILES string of the molecule is O=C(O)C(F)(F)F.O=C(O)C(F)(F)F.c1cncc(COC[C@@H]2CCC[C@]23CNCCO3)c1. The van der Waals surface area contributed by atoms with Crippen LogP contribution in [0.2, 0.25) is 0 Å². The van der Waals surface area contributed by atoms with E-state index in [2.05, 4.69) is 16.4 Å². The Balaban J connectivity index is 0.000000324. The van der Waals surface area contributed by atoms with E-state index in [1.807, 2.05) is 12.3 Å². The molecule has 1 aromatic rings. The van der Waals surface area contributed by atoms with Crippen LogP contribution in [0.5, 0.6) is 0 Å². The maximum Gasteiger partial charge on any atom is 0.490 e. The number of rotatable bonds is 4. The van der Waals surface area contributed by atoms with Gasteiger partial charge in [-0.3, -0.25) is 4.98 Å². The summed E-state index contributed by atoms with van der Waals surface area (Å²) in [6.07, 6.45) is -2.88. The van der Waals surface area contributed by atoms with Crippen LogP contribution in [0.1, 0.15) is 24.8 Å². The molecule has 33 heavy (non-hydrogen) atoms. The van der Waals surface area contributed by atoms with Crippen molar-refractivity contribution in [3.63, 3.8) is 0 Å². The van der Waals surface area contributed by atoms with E-state index in [1.165, 1.54) is 19.3 Å². The van der Waals surface area contributed by atoms with E-state index in [0.717, 1.165) is 31.9 Å². The van der Waals surface area contributed by atoms with Gasteiger partial charge in [-0.1, -0.05) is 12.5 Å². The quantitative estimate of drug-likeness (QED) is 0.552. The van der Waals surface area contributed by atoms with Crippen molar-refractivity contribution in [3.05, 3.63) is 30.1 Å². The Morgan fingerprint density at radius 2 is 1.79 bits per heavy atom. The summed E-state index contributed by atoms with van der Waals surface area (Å²) in [6.45, 7) is 4.22. The molecule has 3 N–H and O–H groups in total. The Morgan fingerprint density at radius 3 is 2.24 bits per heavy atom. The monoisotopic (exact) mass is 490 g/mol. The minimum Gasteiger partial charge on any atom is -0.475 e. The van der Waals surface area contributed by atoms with E-state index < -0.39 is 24.3 Å². The molecule has 0 radical (unpaired) electrons. The van der Waals surface area contributed by atoms with Crippen molar-refractivity contribution in [1.82, 2.24) is 10.3 Å². The van der Waals surface area contributed by atoms with Crippen LogP contribution in [-0.4, -0.2) is 71.4 Å². The number of nitrogens with zero attached hydrogens (tertiary/aromatic N) is 1. The number of hydrogen-bond donors (Lipinski definition) is 3. The van der Waals surface area contributed by atoms with Gasteiger partial charge < -0.3 is 25.0 Å². The zero-order valence-electron chi connectivity index (χ0n) is 17.3. The third-order valence-electron chi connectivity index (χ3n) is 4.78. The highest BCUT2D eigenvalue weighted by Crippen LogP contribution is 2.39. The summed E-state index contributed by atoms with van der Waals surface area (Å²) in [5, 5.41) is 17.7. The smallest absolute Gasteiger partial charge is 0.475 e. The van der Waals surface area contributed by atoms with Crippen molar-refractivity contribution in [3.8, 4) is 0 Å². The average Bonchev–Trinajstić information content (AvgIpc) is 3.10. The van der Waals surface area contributed by atoms with E-state index in [1.54, 1.807) is 6.20 Å². The van der Waals surface area contributed by atoms with Crippen molar-refractivity contribution in [2.45, 2.75) is 43.8 Å². The molecule has 1 saturated heterocycles. The molecular formula is C19H24F6N2O6. The molecule has 1 aliphatic carbocycles. The summed E-state index contributed by atoms with van der Waals surface area (Å²) in [5.41, 5.74) is 1.17. The second-order valence-corrected chi connectivity index (χ2v) is 7.16. The molecule has 1 saturated carbocycles. The van der Waals surface area contributed by atoms with Crippen molar-refractivity contribution >= 4 is 11.9 Å². The van der Waals surface area contributed by atoms with E-state index >= 15 is 0 Å². The predicted octanol–water partition coefficient (Wildman–Crippen LogP) is 3.02. The molecule has 1 aliphatic heterocycles. The predicted molar refractivity (Wildman–Crippen MR) is 100 cm³/mol. The molecule has 0 unspecified atom stereocenters. The Morgan fingerprint density at radius 1 is 1.18 bits per heavy atom. The number of pyridine rings is 1. The van der Waals surface area contributed by atoms with Crippen LogP contribution in [0.4, 0.5) is 26.3 Å². The maximum atomic E-state index is 10.6. The minimum absolute atomic E-state index is 0.0349. The van der Waals surface area contributed by atoms with E-state index in [9.17, 15) is 26.3 Å². The molecule has 2 aliphatic rings. The number of morpholine rings is 1. The molecule has 2 atom stereocenters. The number of carboxylic acid groups (broad SMARTS) is 2. The molecule has 1 spiro atoms. The summed E-state index contributed by atoms with van der Waals surface area (Å²) in [6, 6.07) is 4.00. The van der Waals surface area contributed by atoms with Crippen LogP contribution in [0.15, 0.2) is 24.5 Å². The molecule has 0 bridgehead atoms.